The van der Waals surface area contributed by atoms with Gasteiger partial charge < -0.3 is 9.94 Å². The summed E-state index contributed by atoms with van der Waals surface area (Å²) in [6.45, 7) is 1.63. The van der Waals surface area contributed by atoms with Gasteiger partial charge in [-0.2, -0.15) is 5.01 Å². The number of aliphatic imine (C=N–C) groups is 1. The summed E-state index contributed by atoms with van der Waals surface area (Å²) in [6, 6.07) is 14.0. The number of hydrazine groups is 1. The van der Waals surface area contributed by atoms with E-state index in [2.05, 4.69) is 15.6 Å². The molecule has 0 radical (unpaired) electrons. The Kier molecular flexibility index (Phi) is 6.11. The molecule has 1 heterocycles. The highest BCUT2D eigenvalue weighted by Gasteiger charge is 2.46. The minimum Gasteiger partial charge on any atom is -0.507 e. The first-order valence-corrected chi connectivity index (χ1v) is 9.97. The number of aromatic hydroxyl groups is 1. The Labute approximate surface area is 172 Å². The maximum absolute atomic E-state index is 12.9. The summed E-state index contributed by atoms with van der Waals surface area (Å²) in [7, 11) is 0. The van der Waals surface area contributed by atoms with Gasteiger partial charge in [-0.15, -0.1) is 0 Å². The number of phenols is 1. The average Bonchev–Trinajstić information content (AvgIpc) is 2.93. The summed E-state index contributed by atoms with van der Waals surface area (Å²) < 4.78 is 0. The van der Waals surface area contributed by atoms with Crippen LogP contribution in [0.5, 0.6) is 5.75 Å². The largest absolute Gasteiger partial charge is 0.507 e. The number of rotatable bonds is 6. The lowest BCUT2D eigenvalue weighted by molar-refractivity contribution is -0.131. The number of thioether (sulfide) groups is 1. The predicted molar refractivity (Wildman–Crippen MR) is 113 cm³/mol. The Morgan fingerprint density at radius 2 is 2.11 bits per heavy atom. The van der Waals surface area contributed by atoms with Crippen molar-refractivity contribution < 1.29 is 14.7 Å². The Hall–Kier alpha value is -2.71. The van der Waals surface area contributed by atoms with Gasteiger partial charge in [0.2, 0.25) is 0 Å². The van der Waals surface area contributed by atoms with Gasteiger partial charge in [0.15, 0.2) is 17.3 Å². The van der Waals surface area contributed by atoms with Crippen molar-refractivity contribution in [3.8, 4) is 5.75 Å². The van der Waals surface area contributed by atoms with E-state index in [-0.39, 0.29) is 18.3 Å². The molecular formula is C19H19ClN4O3S. The lowest BCUT2D eigenvalue weighted by Gasteiger charge is -2.22. The van der Waals surface area contributed by atoms with Crippen LogP contribution in [0.2, 0.25) is 5.02 Å². The number of para-hydroxylation sites is 1. The minimum atomic E-state index is -1.12. The molecule has 2 N–H and O–H groups in total. The summed E-state index contributed by atoms with van der Waals surface area (Å²) in [6.07, 6.45) is 3.18. The molecule has 1 unspecified atom stereocenters. The highest BCUT2D eigenvalue weighted by Crippen LogP contribution is 2.28. The van der Waals surface area contributed by atoms with Crippen molar-refractivity contribution >= 4 is 46.3 Å². The number of nitrogens with zero attached hydrogens (tertiary/aromatic N) is 3. The molecule has 2 aromatic rings. The fourth-order valence-corrected chi connectivity index (χ4v) is 3.28. The zero-order valence-electron chi connectivity index (χ0n) is 15.3. The van der Waals surface area contributed by atoms with Crippen LogP contribution in [-0.4, -0.2) is 45.8 Å². The van der Waals surface area contributed by atoms with E-state index in [0.29, 0.717) is 15.8 Å². The number of amidine groups is 1. The Morgan fingerprint density at radius 3 is 2.82 bits per heavy atom. The molecule has 0 aliphatic carbocycles. The van der Waals surface area contributed by atoms with E-state index in [1.54, 1.807) is 19.1 Å². The van der Waals surface area contributed by atoms with Crippen molar-refractivity contribution in [2.75, 3.05) is 18.3 Å². The molecule has 1 atom stereocenters. The SMILES string of the molecule is CSC1=NC(C)(CO/N=C/c2cc(Cl)ccc2O)C(=O)N1Nc1ccccc1. The minimum absolute atomic E-state index is 0.0285. The molecule has 3 rings (SSSR count). The highest BCUT2D eigenvalue weighted by molar-refractivity contribution is 8.13. The number of phenolic OH excluding ortho intramolecular Hbond substituents is 1. The van der Waals surface area contributed by atoms with Crippen molar-refractivity contribution in [1.82, 2.24) is 5.01 Å². The van der Waals surface area contributed by atoms with Gasteiger partial charge in [-0.1, -0.05) is 46.7 Å². The monoisotopic (exact) mass is 418 g/mol. The molecule has 9 heteroatoms. The molecule has 0 spiro atoms. The molecule has 7 nitrogen and oxygen atoms in total. The van der Waals surface area contributed by atoms with Crippen molar-refractivity contribution in [1.29, 1.82) is 0 Å². The summed E-state index contributed by atoms with van der Waals surface area (Å²) in [5, 5.41) is 16.0. The third-order valence-electron chi connectivity index (χ3n) is 4.00. The van der Waals surface area contributed by atoms with Crippen LogP contribution < -0.4 is 5.43 Å². The van der Waals surface area contributed by atoms with Crippen molar-refractivity contribution in [3.05, 3.63) is 59.1 Å². The first-order valence-electron chi connectivity index (χ1n) is 8.37. The van der Waals surface area contributed by atoms with Crippen LogP contribution in [0.1, 0.15) is 12.5 Å². The van der Waals surface area contributed by atoms with Crippen molar-refractivity contribution in [3.63, 3.8) is 0 Å². The van der Waals surface area contributed by atoms with E-state index in [0.717, 1.165) is 5.69 Å². The number of nitrogens with one attached hydrogen (secondary N) is 1. The highest BCUT2D eigenvalue weighted by atomic mass is 35.5. The molecule has 2 aromatic carbocycles. The smallest absolute Gasteiger partial charge is 0.278 e. The third-order valence-corrected chi connectivity index (χ3v) is 4.87. The van der Waals surface area contributed by atoms with Gasteiger partial charge in [-0.25, -0.2) is 4.99 Å². The average molecular weight is 419 g/mol. The van der Waals surface area contributed by atoms with Crippen molar-refractivity contribution in [2.45, 2.75) is 12.5 Å². The molecule has 1 aliphatic heterocycles. The predicted octanol–water partition coefficient (Wildman–Crippen LogP) is 3.74. The maximum atomic E-state index is 12.9. The number of anilines is 1. The number of benzene rings is 2. The van der Waals surface area contributed by atoms with Crippen LogP contribution in [0.15, 0.2) is 58.7 Å². The number of carbonyl (C=O) groups excluding carboxylic acids is 1. The number of amides is 1. The number of oxime groups is 1. The summed E-state index contributed by atoms with van der Waals surface area (Å²) in [5.41, 5.74) is 3.14. The molecular weight excluding hydrogens is 400 g/mol. The Morgan fingerprint density at radius 1 is 1.36 bits per heavy atom. The van der Waals surface area contributed by atoms with E-state index in [4.69, 9.17) is 16.4 Å². The van der Waals surface area contributed by atoms with Gasteiger partial charge in [0.05, 0.1) is 11.9 Å². The summed E-state index contributed by atoms with van der Waals surface area (Å²) in [4.78, 5) is 22.7. The molecule has 0 bridgehead atoms. The van der Waals surface area contributed by atoms with Crippen LogP contribution in [-0.2, 0) is 9.63 Å². The molecule has 0 saturated carbocycles. The summed E-state index contributed by atoms with van der Waals surface area (Å²) in [5.74, 6) is -0.220. The quantitative estimate of drug-likeness (QED) is 0.551. The molecule has 0 fully saturated rings. The molecule has 0 aromatic heterocycles. The van der Waals surface area contributed by atoms with Crippen LogP contribution in [0.3, 0.4) is 0 Å². The zero-order chi connectivity index (χ0) is 20.1. The van der Waals surface area contributed by atoms with E-state index in [1.807, 2.05) is 36.6 Å². The van der Waals surface area contributed by atoms with Crippen LogP contribution in [0, 0.1) is 0 Å². The fraction of sp³-hybridized carbons (Fsp3) is 0.211. The second-order valence-corrected chi connectivity index (χ2v) is 7.41. The fourth-order valence-electron chi connectivity index (χ4n) is 2.49. The number of halogens is 1. The normalized spacial score (nSPS) is 19.2. The van der Waals surface area contributed by atoms with Gasteiger partial charge in [0, 0.05) is 10.6 Å². The second kappa shape index (κ2) is 8.53. The van der Waals surface area contributed by atoms with E-state index < -0.39 is 5.54 Å². The van der Waals surface area contributed by atoms with Crippen LogP contribution >= 0.6 is 23.4 Å². The zero-order valence-corrected chi connectivity index (χ0v) is 16.9. The third kappa shape index (κ3) is 4.40. The van der Waals surface area contributed by atoms with Gasteiger partial charge in [0.1, 0.15) is 5.75 Å². The number of carbonyl (C=O) groups is 1. The van der Waals surface area contributed by atoms with E-state index in [9.17, 15) is 9.90 Å². The first-order chi connectivity index (χ1) is 13.4. The van der Waals surface area contributed by atoms with E-state index >= 15 is 0 Å². The molecule has 28 heavy (non-hydrogen) atoms. The number of hydrogen-bond donors (Lipinski definition) is 2. The number of hydrogen-bond acceptors (Lipinski definition) is 7. The molecule has 1 aliphatic rings. The summed E-state index contributed by atoms with van der Waals surface area (Å²) >= 11 is 7.25. The molecule has 1 amide bonds. The Balaban J connectivity index is 1.67. The van der Waals surface area contributed by atoms with Crippen LogP contribution in [0.4, 0.5) is 5.69 Å². The lowest BCUT2D eigenvalue weighted by atomic mass is 10.1. The standard InChI is InChI=1S/C19H19ClN4O3S/c1-19(12-27-21-11-13-10-14(20)8-9-16(13)25)17(26)24(18(22-19)28-2)23-15-6-4-3-5-7-15/h3-11,23,25H,12H2,1-2H3/b21-11+. The van der Waals surface area contributed by atoms with Gasteiger partial charge >= 0.3 is 0 Å². The Bertz CT molecular complexity index is 923. The van der Waals surface area contributed by atoms with Gasteiger partial charge in [-0.3, -0.25) is 10.2 Å². The van der Waals surface area contributed by atoms with Crippen molar-refractivity contribution in [2.24, 2.45) is 10.1 Å². The van der Waals surface area contributed by atoms with Gasteiger partial charge in [-0.05, 0) is 43.5 Å². The molecule has 146 valence electrons. The van der Waals surface area contributed by atoms with Gasteiger partial charge in [0.25, 0.3) is 5.91 Å². The topological polar surface area (TPSA) is 86.5 Å². The molecule has 0 saturated heterocycles. The second-order valence-electron chi connectivity index (χ2n) is 6.20. The first kappa shape index (κ1) is 20.0. The van der Waals surface area contributed by atoms with Crippen LogP contribution in [0.25, 0.3) is 0 Å². The maximum Gasteiger partial charge on any atom is 0.278 e. The lowest BCUT2D eigenvalue weighted by Crippen LogP contribution is -2.45. The van der Waals surface area contributed by atoms with E-state index in [1.165, 1.54) is 29.1 Å².